The van der Waals surface area contributed by atoms with Crippen molar-refractivity contribution < 1.29 is 17.6 Å². The van der Waals surface area contributed by atoms with Crippen molar-refractivity contribution in [2.75, 3.05) is 0 Å². The summed E-state index contributed by atoms with van der Waals surface area (Å²) in [6.45, 7) is 1.01. The van der Waals surface area contributed by atoms with Crippen molar-refractivity contribution in [2.45, 2.75) is 19.8 Å². The van der Waals surface area contributed by atoms with Gasteiger partial charge in [0.1, 0.15) is 0 Å². The third-order valence-corrected chi connectivity index (χ3v) is 3.72. The van der Waals surface area contributed by atoms with Crippen LogP contribution in [0.5, 0.6) is 0 Å². The van der Waals surface area contributed by atoms with Crippen LogP contribution in [0.2, 0.25) is 0 Å². The summed E-state index contributed by atoms with van der Waals surface area (Å²) in [6, 6.07) is 5.32. The van der Waals surface area contributed by atoms with Gasteiger partial charge in [-0.25, -0.2) is 22.5 Å². The Morgan fingerprint density at radius 3 is 2.32 bits per heavy atom. The number of rotatable bonds is 3. The van der Waals surface area contributed by atoms with Crippen LogP contribution >= 0.6 is 0 Å². The van der Waals surface area contributed by atoms with Crippen molar-refractivity contribution in [3.8, 4) is 0 Å². The fourth-order valence-corrected chi connectivity index (χ4v) is 2.41. The number of aryl methyl sites for hydroxylation is 1. The first-order valence-electron chi connectivity index (χ1n) is 6.72. The van der Waals surface area contributed by atoms with E-state index in [-0.39, 0.29) is 12.8 Å². The molecular formula is C16H12F4N2. The van der Waals surface area contributed by atoms with Crippen molar-refractivity contribution in [3.63, 3.8) is 0 Å². The van der Waals surface area contributed by atoms with E-state index in [4.69, 9.17) is 0 Å². The van der Waals surface area contributed by atoms with E-state index in [1.165, 1.54) is 0 Å². The number of nitrogens with zero attached hydrogens (tertiary/aromatic N) is 1. The molecule has 22 heavy (non-hydrogen) atoms. The van der Waals surface area contributed by atoms with Gasteiger partial charge in [0.05, 0.1) is 17.4 Å². The number of benzene rings is 2. The van der Waals surface area contributed by atoms with Crippen LogP contribution in [-0.2, 0) is 12.8 Å². The molecule has 0 atom stereocenters. The van der Waals surface area contributed by atoms with E-state index in [1.807, 2.05) is 0 Å². The van der Waals surface area contributed by atoms with Gasteiger partial charge in [-0.1, -0.05) is 6.07 Å². The number of hydrogen-bond donors (Lipinski definition) is 1. The molecule has 3 aromatic rings. The second-order valence-corrected chi connectivity index (χ2v) is 5.11. The van der Waals surface area contributed by atoms with Gasteiger partial charge < -0.3 is 4.98 Å². The van der Waals surface area contributed by atoms with E-state index in [2.05, 4.69) is 9.97 Å². The Morgan fingerprint density at radius 2 is 1.64 bits per heavy atom. The number of imidazole rings is 1. The lowest BCUT2D eigenvalue weighted by molar-refractivity contribution is 0.430. The van der Waals surface area contributed by atoms with E-state index in [1.54, 1.807) is 24.5 Å². The minimum atomic E-state index is -1.34. The van der Waals surface area contributed by atoms with Gasteiger partial charge in [0.25, 0.3) is 0 Å². The first-order chi connectivity index (χ1) is 10.5. The first-order valence-corrected chi connectivity index (χ1v) is 6.72. The molecule has 0 amide bonds. The molecule has 114 valence electrons. The molecule has 0 spiro atoms. The number of aromatic nitrogens is 2. The molecule has 0 aliphatic heterocycles. The zero-order valence-electron chi connectivity index (χ0n) is 11.7. The zero-order valence-corrected chi connectivity index (χ0v) is 11.7. The average Bonchev–Trinajstić information content (AvgIpc) is 2.98. The van der Waals surface area contributed by atoms with Gasteiger partial charge in [-0.05, 0) is 37.5 Å². The predicted octanol–water partition coefficient (Wildman–Crippen LogP) is 4.21. The van der Waals surface area contributed by atoms with E-state index in [0.717, 1.165) is 23.5 Å². The lowest BCUT2D eigenvalue weighted by Gasteiger charge is -2.09. The van der Waals surface area contributed by atoms with Gasteiger partial charge in [-0.15, -0.1) is 0 Å². The lowest BCUT2D eigenvalue weighted by atomic mass is 10.0. The summed E-state index contributed by atoms with van der Waals surface area (Å²) in [6.07, 6.45) is 1.66. The van der Waals surface area contributed by atoms with Gasteiger partial charge in [0.15, 0.2) is 23.3 Å². The fraction of sp³-hybridized carbons (Fsp3) is 0.188. The molecule has 2 nitrogen and oxygen atoms in total. The molecule has 2 aromatic carbocycles. The second-order valence-electron chi connectivity index (χ2n) is 5.11. The van der Waals surface area contributed by atoms with Crippen LogP contribution in [0.4, 0.5) is 17.6 Å². The molecule has 0 aliphatic rings. The molecule has 0 bridgehead atoms. The molecule has 3 rings (SSSR count). The highest BCUT2D eigenvalue weighted by molar-refractivity contribution is 5.75. The number of halogens is 4. The highest BCUT2D eigenvalue weighted by Crippen LogP contribution is 2.25. The van der Waals surface area contributed by atoms with Gasteiger partial charge in [0, 0.05) is 11.1 Å². The Labute approximate surface area is 123 Å². The van der Waals surface area contributed by atoms with Gasteiger partial charge in [-0.2, -0.15) is 0 Å². The smallest absolute Gasteiger partial charge is 0.165 e. The Morgan fingerprint density at radius 1 is 0.955 bits per heavy atom. The zero-order chi connectivity index (χ0) is 15.9. The summed E-state index contributed by atoms with van der Waals surface area (Å²) in [5, 5.41) is 0. The van der Waals surface area contributed by atoms with Crippen LogP contribution in [0.1, 0.15) is 16.7 Å². The minimum absolute atomic E-state index is 0.134. The summed E-state index contributed by atoms with van der Waals surface area (Å²) in [5.74, 6) is -5.31. The molecule has 0 fully saturated rings. The molecule has 0 saturated carbocycles. The van der Waals surface area contributed by atoms with Crippen molar-refractivity contribution in [1.82, 2.24) is 9.97 Å². The van der Waals surface area contributed by atoms with Crippen LogP contribution in [0.25, 0.3) is 11.0 Å². The summed E-state index contributed by atoms with van der Waals surface area (Å²) in [5.41, 5.74) is 1.15. The quantitative estimate of drug-likeness (QED) is 0.570. The van der Waals surface area contributed by atoms with Crippen LogP contribution < -0.4 is 0 Å². The van der Waals surface area contributed by atoms with Gasteiger partial charge in [-0.3, -0.25) is 0 Å². The van der Waals surface area contributed by atoms with Gasteiger partial charge in [0.2, 0.25) is 0 Å². The van der Waals surface area contributed by atoms with Crippen LogP contribution in [0.15, 0.2) is 24.5 Å². The van der Waals surface area contributed by atoms with Crippen molar-refractivity contribution in [3.05, 3.63) is 64.5 Å². The number of hydrogen-bond acceptors (Lipinski definition) is 1. The standard InChI is InChI=1S/C16H12F4N2/c1-8-13(17)15(19)10(16(20)14(8)18)4-2-9-3-5-11-12(6-9)22-7-21-11/h3,5-7H,2,4H2,1H3,(H,21,22). The van der Waals surface area contributed by atoms with Crippen molar-refractivity contribution in [2.24, 2.45) is 0 Å². The molecule has 1 aromatic heterocycles. The van der Waals surface area contributed by atoms with Crippen LogP contribution in [-0.4, -0.2) is 9.97 Å². The van der Waals surface area contributed by atoms with E-state index in [9.17, 15) is 17.6 Å². The Kier molecular flexibility index (Phi) is 3.60. The van der Waals surface area contributed by atoms with Crippen molar-refractivity contribution >= 4 is 11.0 Å². The van der Waals surface area contributed by atoms with E-state index in [0.29, 0.717) is 0 Å². The number of fused-ring (bicyclic) bond motifs is 1. The normalized spacial score (nSPS) is 11.3. The lowest BCUT2D eigenvalue weighted by Crippen LogP contribution is -2.07. The maximum Gasteiger partial charge on any atom is 0.165 e. The molecule has 1 N–H and O–H groups in total. The van der Waals surface area contributed by atoms with Crippen LogP contribution in [0.3, 0.4) is 0 Å². The maximum absolute atomic E-state index is 13.8. The highest BCUT2D eigenvalue weighted by atomic mass is 19.2. The molecule has 0 saturated heterocycles. The topological polar surface area (TPSA) is 28.7 Å². The van der Waals surface area contributed by atoms with Crippen LogP contribution in [0, 0.1) is 30.2 Å². The summed E-state index contributed by atoms with van der Waals surface area (Å²) in [4.78, 5) is 6.99. The number of H-pyrrole nitrogens is 1. The summed E-state index contributed by atoms with van der Waals surface area (Å²) >= 11 is 0. The molecule has 0 radical (unpaired) electrons. The number of aromatic amines is 1. The third kappa shape index (κ3) is 2.34. The molecular weight excluding hydrogens is 296 g/mol. The maximum atomic E-state index is 13.8. The number of nitrogens with one attached hydrogen (secondary N) is 1. The first kappa shape index (κ1) is 14.6. The molecule has 6 heteroatoms. The second kappa shape index (κ2) is 5.44. The fourth-order valence-electron chi connectivity index (χ4n) is 2.41. The van der Waals surface area contributed by atoms with Crippen molar-refractivity contribution in [1.29, 1.82) is 0 Å². The van der Waals surface area contributed by atoms with E-state index >= 15 is 0 Å². The Balaban J connectivity index is 1.90. The molecule has 0 unspecified atom stereocenters. The molecule has 1 heterocycles. The average molecular weight is 308 g/mol. The highest BCUT2D eigenvalue weighted by Gasteiger charge is 2.22. The third-order valence-electron chi connectivity index (χ3n) is 3.72. The van der Waals surface area contributed by atoms with E-state index < -0.39 is 34.4 Å². The largest absolute Gasteiger partial charge is 0.345 e. The summed E-state index contributed by atoms with van der Waals surface area (Å²) in [7, 11) is 0. The monoisotopic (exact) mass is 308 g/mol. The Bertz CT molecular complexity index is 826. The molecule has 0 aliphatic carbocycles. The predicted molar refractivity (Wildman–Crippen MR) is 74.5 cm³/mol. The minimum Gasteiger partial charge on any atom is -0.345 e. The summed E-state index contributed by atoms with van der Waals surface area (Å²) < 4.78 is 54.7. The Hall–Kier alpha value is -2.37. The SMILES string of the molecule is Cc1c(F)c(F)c(CCc2ccc3nc[nH]c3c2)c(F)c1F. The van der Waals surface area contributed by atoms with Gasteiger partial charge >= 0.3 is 0 Å².